The number of halogens is 1. The van der Waals surface area contributed by atoms with E-state index in [0.717, 1.165) is 37.5 Å². The lowest BCUT2D eigenvalue weighted by Crippen LogP contribution is -2.50. The molecule has 0 aliphatic carbocycles. The number of sulfonamides is 1. The van der Waals surface area contributed by atoms with Crippen LogP contribution < -0.4 is 10.6 Å². The first-order chi connectivity index (χ1) is 12.4. The van der Waals surface area contributed by atoms with Crippen LogP contribution in [-0.4, -0.2) is 62.1 Å². The predicted octanol–water partition coefficient (Wildman–Crippen LogP) is 1.92. The zero-order chi connectivity index (χ0) is 19.0. The maximum absolute atomic E-state index is 12.1. The average Bonchev–Trinajstić information content (AvgIpc) is 2.63. The van der Waals surface area contributed by atoms with Crippen molar-refractivity contribution in [2.75, 3.05) is 32.4 Å². The second kappa shape index (κ2) is 11.8. The van der Waals surface area contributed by atoms with E-state index < -0.39 is 10.0 Å². The first kappa shape index (κ1) is 24.1. The van der Waals surface area contributed by atoms with Gasteiger partial charge in [-0.15, -0.1) is 24.0 Å². The van der Waals surface area contributed by atoms with E-state index in [2.05, 4.69) is 26.7 Å². The summed E-state index contributed by atoms with van der Waals surface area (Å²) in [6.07, 6.45) is 5.03. The van der Waals surface area contributed by atoms with Gasteiger partial charge in [-0.25, -0.2) is 12.7 Å². The van der Waals surface area contributed by atoms with E-state index in [9.17, 15) is 8.42 Å². The van der Waals surface area contributed by atoms with E-state index in [1.54, 1.807) is 11.4 Å². The number of rotatable bonds is 7. The zero-order valence-corrected chi connectivity index (χ0v) is 19.6. The smallest absolute Gasteiger partial charge is 0.214 e. The van der Waals surface area contributed by atoms with Gasteiger partial charge in [-0.2, -0.15) is 0 Å². The van der Waals surface area contributed by atoms with E-state index in [4.69, 9.17) is 0 Å². The van der Waals surface area contributed by atoms with Crippen molar-refractivity contribution >= 4 is 40.0 Å². The highest BCUT2D eigenvalue weighted by atomic mass is 127. The van der Waals surface area contributed by atoms with Crippen molar-refractivity contribution < 1.29 is 8.42 Å². The maximum atomic E-state index is 12.1. The van der Waals surface area contributed by atoms with Gasteiger partial charge in [0.1, 0.15) is 0 Å². The van der Waals surface area contributed by atoms with Crippen LogP contribution in [0, 0.1) is 6.92 Å². The van der Waals surface area contributed by atoms with Gasteiger partial charge in [-0.05, 0) is 44.2 Å². The molecule has 1 aliphatic rings. The second-order valence-electron chi connectivity index (χ2n) is 6.69. The van der Waals surface area contributed by atoms with Gasteiger partial charge in [0.05, 0.1) is 5.75 Å². The lowest BCUT2D eigenvalue weighted by molar-refractivity contribution is 0.306. The van der Waals surface area contributed by atoms with Crippen molar-refractivity contribution in [3.63, 3.8) is 0 Å². The van der Waals surface area contributed by atoms with Gasteiger partial charge >= 0.3 is 0 Å². The quantitative estimate of drug-likeness (QED) is 0.333. The summed E-state index contributed by atoms with van der Waals surface area (Å²) in [7, 11) is -1.33. The Morgan fingerprint density at radius 2 is 2.04 bits per heavy atom. The number of nitrogens with zero attached hydrogens (tertiary/aromatic N) is 3. The van der Waals surface area contributed by atoms with E-state index in [1.165, 1.54) is 5.56 Å². The number of hydrogen-bond donors (Lipinski definition) is 2. The van der Waals surface area contributed by atoms with E-state index in [-0.39, 0.29) is 35.8 Å². The fourth-order valence-electron chi connectivity index (χ4n) is 3.02. The number of pyridine rings is 1. The molecule has 0 bridgehead atoms. The van der Waals surface area contributed by atoms with Gasteiger partial charge < -0.3 is 10.6 Å². The topological polar surface area (TPSA) is 86.7 Å². The van der Waals surface area contributed by atoms with Gasteiger partial charge in [0.2, 0.25) is 10.0 Å². The van der Waals surface area contributed by atoms with E-state index in [1.807, 2.05) is 26.1 Å². The number of piperidine rings is 1. The number of aliphatic imine (C=N–C) groups is 1. The molecule has 27 heavy (non-hydrogen) atoms. The summed E-state index contributed by atoms with van der Waals surface area (Å²) in [5.74, 6) is 1.00. The van der Waals surface area contributed by atoms with E-state index in [0.29, 0.717) is 19.5 Å². The average molecular weight is 509 g/mol. The standard InChI is InChI=1S/C18H31N5O2S.HI/c1-4-13-26(24,25)23-11-8-17(9-12-23)22-18(19-3)20-10-7-16-6-5-15(2)21-14-16;/h5-6,14,17H,4,7-13H2,1-3H3,(H2,19,20,22);1H. The molecule has 154 valence electrons. The van der Waals surface area contributed by atoms with Gasteiger partial charge in [0, 0.05) is 44.6 Å². The van der Waals surface area contributed by atoms with Gasteiger partial charge in [0.25, 0.3) is 0 Å². The number of aromatic nitrogens is 1. The first-order valence-corrected chi connectivity index (χ1v) is 10.9. The van der Waals surface area contributed by atoms with Crippen molar-refractivity contribution in [1.29, 1.82) is 0 Å². The Bertz CT molecular complexity index is 686. The molecule has 1 aromatic heterocycles. The summed E-state index contributed by atoms with van der Waals surface area (Å²) >= 11 is 0. The molecule has 0 radical (unpaired) electrons. The third-order valence-corrected chi connectivity index (χ3v) is 6.63. The molecule has 1 fully saturated rings. The summed E-state index contributed by atoms with van der Waals surface area (Å²) in [5, 5.41) is 6.73. The third kappa shape index (κ3) is 7.90. The molecule has 2 N–H and O–H groups in total. The largest absolute Gasteiger partial charge is 0.356 e. The van der Waals surface area contributed by atoms with Crippen LogP contribution >= 0.6 is 24.0 Å². The Labute approximate surface area is 180 Å². The zero-order valence-electron chi connectivity index (χ0n) is 16.4. The van der Waals surface area contributed by atoms with Crippen LogP contribution in [0.5, 0.6) is 0 Å². The molecule has 0 amide bonds. The minimum Gasteiger partial charge on any atom is -0.356 e. The maximum Gasteiger partial charge on any atom is 0.214 e. The molecule has 1 aromatic rings. The van der Waals surface area contributed by atoms with Gasteiger partial charge in [-0.3, -0.25) is 9.98 Å². The Hall–Kier alpha value is -0.940. The number of guanidine groups is 1. The molecule has 9 heteroatoms. The van der Waals surface area contributed by atoms with Crippen molar-refractivity contribution in [3.8, 4) is 0 Å². The predicted molar refractivity (Wildman–Crippen MR) is 121 cm³/mol. The molecular formula is C18H32IN5O2S. The van der Waals surface area contributed by atoms with Crippen LogP contribution in [0.1, 0.15) is 37.4 Å². The minimum atomic E-state index is -3.09. The lowest BCUT2D eigenvalue weighted by Gasteiger charge is -2.32. The lowest BCUT2D eigenvalue weighted by atomic mass is 10.1. The number of hydrogen-bond acceptors (Lipinski definition) is 4. The van der Waals surface area contributed by atoms with Crippen LogP contribution in [-0.2, 0) is 16.4 Å². The molecule has 0 atom stereocenters. The second-order valence-corrected chi connectivity index (χ2v) is 8.78. The highest BCUT2D eigenvalue weighted by Crippen LogP contribution is 2.15. The summed E-state index contributed by atoms with van der Waals surface area (Å²) < 4.78 is 25.9. The number of nitrogens with one attached hydrogen (secondary N) is 2. The Morgan fingerprint density at radius 1 is 1.33 bits per heavy atom. The number of aryl methyl sites for hydroxylation is 1. The third-order valence-electron chi connectivity index (χ3n) is 4.55. The van der Waals surface area contributed by atoms with Crippen LogP contribution in [0.4, 0.5) is 0 Å². The molecular weight excluding hydrogens is 477 g/mol. The summed E-state index contributed by atoms with van der Waals surface area (Å²) in [4.78, 5) is 8.57. The summed E-state index contributed by atoms with van der Waals surface area (Å²) in [6.45, 7) is 5.80. The van der Waals surface area contributed by atoms with Crippen LogP contribution in [0.25, 0.3) is 0 Å². The van der Waals surface area contributed by atoms with Crippen molar-refractivity contribution in [1.82, 2.24) is 19.9 Å². The SMILES string of the molecule is CCCS(=O)(=O)N1CCC(NC(=NC)NCCc2ccc(C)nc2)CC1.I. The Morgan fingerprint density at radius 3 is 2.59 bits per heavy atom. The van der Waals surface area contributed by atoms with E-state index >= 15 is 0 Å². The fraction of sp³-hybridized carbons (Fsp3) is 0.667. The first-order valence-electron chi connectivity index (χ1n) is 9.31. The molecule has 0 saturated carbocycles. The van der Waals surface area contributed by atoms with Crippen molar-refractivity contribution in [3.05, 3.63) is 29.6 Å². The minimum absolute atomic E-state index is 0. The molecule has 0 aromatic carbocycles. The molecule has 1 aliphatic heterocycles. The molecule has 2 rings (SSSR count). The van der Waals surface area contributed by atoms with Crippen molar-refractivity contribution in [2.24, 2.45) is 4.99 Å². The van der Waals surface area contributed by atoms with Crippen LogP contribution in [0.3, 0.4) is 0 Å². The monoisotopic (exact) mass is 509 g/mol. The Kier molecular flexibility index (Phi) is 10.5. The normalized spacial score (nSPS) is 16.6. The highest BCUT2D eigenvalue weighted by molar-refractivity contribution is 14.0. The molecule has 1 saturated heterocycles. The summed E-state index contributed by atoms with van der Waals surface area (Å²) in [5.41, 5.74) is 2.21. The van der Waals surface area contributed by atoms with Gasteiger partial charge in [0.15, 0.2) is 5.96 Å². The van der Waals surface area contributed by atoms with Crippen LogP contribution in [0.15, 0.2) is 23.3 Å². The Balaban J connectivity index is 0.00000364. The summed E-state index contributed by atoms with van der Waals surface area (Å²) in [6, 6.07) is 4.35. The fourth-order valence-corrected chi connectivity index (χ4v) is 4.57. The van der Waals surface area contributed by atoms with Crippen LogP contribution in [0.2, 0.25) is 0 Å². The molecule has 0 unspecified atom stereocenters. The highest BCUT2D eigenvalue weighted by Gasteiger charge is 2.27. The molecule has 7 nitrogen and oxygen atoms in total. The van der Waals surface area contributed by atoms with Gasteiger partial charge in [-0.1, -0.05) is 13.0 Å². The molecule has 0 spiro atoms. The molecule has 2 heterocycles. The van der Waals surface area contributed by atoms with Crippen molar-refractivity contribution in [2.45, 2.75) is 45.6 Å².